The summed E-state index contributed by atoms with van der Waals surface area (Å²) in [5.41, 5.74) is 3.19. The van der Waals surface area contributed by atoms with Crippen LogP contribution in [-0.4, -0.2) is 60.2 Å². The number of aliphatic hydroxyl groups excluding tert-OH is 1. The smallest absolute Gasteiger partial charge is 0.289 e. The van der Waals surface area contributed by atoms with Crippen molar-refractivity contribution in [3.05, 3.63) is 54.0 Å². The number of carbonyl (C=O) groups is 1. The van der Waals surface area contributed by atoms with Crippen LogP contribution in [0.25, 0.3) is 11.0 Å². The number of furan rings is 1. The average molecular weight is 409 g/mol. The van der Waals surface area contributed by atoms with Crippen LogP contribution in [0.3, 0.4) is 0 Å². The second-order valence-corrected chi connectivity index (χ2v) is 7.44. The summed E-state index contributed by atoms with van der Waals surface area (Å²) in [6.07, 6.45) is 2.30. The summed E-state index contributed by atoms with van der Waals surface area (Å²) in [6.45, 7) is 3.34. The lowest BCUT2D eigenvalue weighted by atomic mass is 10.2. The lowest BCUT2D eigenvalue weighted by molar-refractivity contribution is 0.0924. The van der Waals surface area contributed by atoms with Gasteiger partial charge in [-0.25, -0.2) is 0 Å². The molecule has 3 heterocycles. The Hall–Kier alpha value is -3.10. The third-order valence-electron chi connectivity index (χ3n) is 5.31. The molecular formula is C22H27N5O3. The predicted octanol–water partition coefficient (Wildman–Crippen LogP) is 2.28. The van der Waals surface area contributed by atoms with Crippen molar-refractivity contribution in [2.45, 2.75) is 19.1 Å². The fourth-order valence-corrected chi connectivity index (χ4v) is 3.73. The van der Waals surface area contributed by atoms with Crippen LogP contribution in [0.4, 0.5) is 11.4 Å². The second-order valence-electron chi connectivity index (χ2n) is 7.44. The molecule has 158 valence electrons. The molecule has 4 N–H and O–H groups in total. The van der Waals surface area contributed by atoms with Crippen LogP contribution in [-0.2, 0) is 6.54 Å². The quantitative estimate of drug-likeness (QED) is 0.453. The monoisotopic (exact) mass is 409 g/mol. The number of hydrogen-bond donors (Lipinski definition) is 4. The molecule has 4 rings (SSSR count). The zero-order valence-electron chi connectivity index (χ0n) is 17.0. The van der Waals surface area contributed by atoms with Gasteiger partial charge >= 0.3 is 0 Å². The number of carbonyl (C=O) groups excluding carboxylic acids is 1. The van der Waals surface area contributed by atoms with Crippen LogP contribution in [0.5, 0.6) is 0 Å². The SMILES string of the molecule is CNc1c(C(=O)NCCN2CC[C@H](O)C2)oc2ccc(NCc3ccccn3)cc12. The number of fused-ring (bicyclic) bond motifs is 1. The largest absolute Gasteiger partial charge is 0.449 e. The Labute approximate surface area is 175 Å². The molecule has 2 aromatic heterocycles. The Kier molecular flexibility index (Phi) is 6.15. The highest BCUT2D eigenvalue weighted by atomic mass is 16.3. The van der Waals surface area contributed by atoms with Crippen molar-refractivity contribution < 1.29 is 14.3 Å². The van der Waals surface area contributed by atoms with E-state index in [1.807, 2.05) is 36.4 Å². The standard InChI is InChI=1S/C22H27N5O3/c1-23-20-18-12-15(26-13-16-4-2-3-8-24-16)5-6-19(18)30-21(20)22(29)25-9-11-27-10-7-17(28)14-27/h2-6,8,12,17,23,26,28H,7,9-11,13-14H2,1H3,(H,25,29)/t17-/m0/s1. The lowest BCUT2D eigenvalue weighted by Crippen LogP contribution is -2.34. The molecule has 0 spiro atoms. The summed E-state index contributed by atoms with van der Waals surface area (Å²) in [6, 6.07) is 11.6. The molecule has 1 fully saturated rings. The van der Waals surface area contributed by atoms with E-state index in [0.29, 0.717) is 37.4 Å². The molecular weight excluding hydrogens is 382 g/mol. The summed E-state index contributed by atoms with van der Waals surface area (Å²) < 4.78 is 5.84. The molecule has 1 saturated heterocycles. The Balaban J connectivity index is 1.43. The molecule has 0 bridgehead atoms. The highest BCUT2D eigenvalue weighted by Crippen LogP contribution is 2.32. The molecule has 0 radical (unpaired) electrons. The first-order valence-electron chi connectivity index (χ1n) is 10.2. The van der Waals surface area contributed by atoms with Gasteiger partial charge in [-0.1, -0.05) is 6.07 Å². The van der Waals surface area contributed by atoms with E-state index in [1.54, 1.807) is 13.2 Å². The minimum absolute atomic E-state index is 0.252. The van der Waals surface area contributed by atoms with Crippen molar-refractivity contribution >= 4 is 28.3 Å². The number of amides is 1. The number of aromatic nitrogens is 1. The number of rotatable bonds is 8. The third-order valence-corrected chi connectivity index (χ3v) is 5.31. The molecule has 1 atom stereocenters. The van der Waals surface area contributed by atoms with E-state index in [0.717, 1.165) is 29.7 Å². The number of aliphatic hydroxyl groups is 1. The first-order chi connectivity index (χ1) is 14.6. The van der Waals surface area contributed by atoms with Crippen molar-refractivity contribution in [1.29, 1.82) is 0 Å². The van der Waals surface area contributed by atoms with E-state index < -0.39 is 0 Å². The van der Waals surface area contributed by atoms with Gasteiger partial charge in [0.05, 0.1) is 24.0 Å². The minimum Gasteiger partial charge on any atom is -0.449 e. The van der Waals surface area contributed by atoms with Crippen LogP contribution in [0.15, 0.2) is 47.0 Å². The van der Waals surface area contributed by atoms with E-state index >= 15 is 0 Å². The number of nitrogens with zero attached hydrogens (tertiary/aromatic N) is 2. The summed E-state index contributed by atoms with van der Waals surface area (Å²) in [4.78, 5) is 19.1. The van der Waals surface area contributed by atoms with E-state index in [2.05, 4.69) is 25.8 Å². The zero-order chi connectivity index (χ0) is 20.9. The Morgan fingerprint density at radius 2 is 2.23 bits per heavy atom. The van der Waals surface area contributed by atoms with E-state index in [1.165, 1.54) is 0 Å². The van der Waals surface area contributed by atoms with Gasteiger partial charge < -0.3 is 25.5 Å². The van der Waals surface area contributed by atoms with Crippen LogP contribution in [0.2, 0.25) is 0 Å². The number of likely N-dealkylation sites (tertiary alicyclic amines) is 1. The second kappa shape index (κ2) is 9.15. The molecule has 30 heavy (non-hydrogen) atoms. The van der Waals surface area contributed by atoms with Crippen molar-refractivity contribution in [2.75, 3.05) is 43.9 Å². The van der Waals surface area contributed by atoms with Crippen molar-refractivity contribution in [3.8, 4) is 0 Å². The molecule has 8 nitrogen and oxygen atoms in total. The topological polar surface area (TPSA) is 103 Å². The van der Waals surface area contributed by atoms with E-state index in [9.17, 15) is 9.90 Å². The molecule has 1 aromatic carbocycles. The molecule has 1 amide bonds. The number of pyridine rings is 1. The van der Waals surface area contributed by atoms with Gasteiger partial charge in [-0.3, -0.25) is 14.7 Å². The summed E-state index contributed by atoms with van der Waals surface area (Å²) >= 11 is 0. The van der Waals surface area contributed by atoms with Gasteiger partial charge in [-0.2, -0.15) is 0 Å². The molecule has 0 saturated carbocycles. The predicted molar refractivity (Wildman–Crippen MR) is 117 cm³/mol. The highest BCUT2D eigenvalue weighted by Gasteiger charge is 2.22. The Morgan fingerprint density at radius 1 is 1.33 bits per heavy atom. The lowest BCUT2D eigenvalue weighted by Gasteiger charge is -2.14. The van der Waals surface area contributed by atoms with Gasteiger partial charge in [0, 0.05) is 50.5 Å². The molecule has 8 heteroatoms. The molecule has 1 aliphatic rings. The minimum atomic E-state index is -0.257. The first kappa shape index (κ1) is 20.2. The molecule has 0 unspecified atom stereocenters. The van der Waals surface area contributed by atoms with Crippen LogP contribution >= 0.6 is 0 Å². The third kappa shape index (κ3) is 4.55. The number of β-amino-alcohol motifs (C(OH)–C–C–N with tert-alkyl or cyclic N) is 1. The first-order valence-corrected chi connectivity index (χ1v) is 10.2. The Bertz CT molecular complexity index is 1000. The molecule has 0 aliphatic carbocycles. The van der Waals surface area contributed by atoms with E-state index in [-0.39, 0.29) is 17.8 Å². The summed E-state index contributed by atoms with van der Waals surface area (Å²) in [5.74, 6) is 0.0223. The zero-order valence-corrected chi connectivity index (χ0v) is 17.0. The fourth-order valence-electron chi connectivity index (χ4n) is 3.73. The van der Waals surface area contributed by atoms with Gasteiger partial charge in [0.15, 0.2) is 0 Å². The van der Waals surface area contributed by atoms with Crippen molar-refractivity contribution in [2.24, 2.45) is 0 Å². The number of benzene rings is 1. The number of hydrogen-bond acceptors (Lipinski definition) is 7. The maximum Gasteiger partial charge on any atom is 0.289 e. The molecule has 3 aromatic rings. The van der Waals surface area contributed by atoms with Crippen LogP contribution < -0.4 is 16.0 Å². The van der Waals surface area contributed by atoms with Gasteiger partial charge in [0.1, 0.15) is 5.58 Å². The number of nitrogens with one attached hydrogen (secondary N) is 3. The van der Waals surface area contributed by atoms with Gasteiger partial charge in [-0.05, 0) is 36.8 Å². The van der Waals surface area contributed by atoms with Gasteiger partial charge in [-0.15, -0.1) is 0 Å². The van der Waals surface area contributed by atoms with Gasteiger partial charge in [0.25, 0.3) is 5.91 Å². The normalized spacial score (nSPS) is 16.7. The highest BCUT2D eigenvalue weighted by molar-refractivity contribution is 6.06. The summed E-state index contributed by atoms with van der Waals surface area (Å²) in [7, 11) is 1.78. The summed E-state index contributed by atoms with van der Waals surface area (Å²) in [5, 5.41) is 19.8. The van der Waals surface area contributed by atoms with Crippen molar-refractivity contribution in [3.63, 3.8) is 0 Å². The maximum atomic E-state index is 12.7. The molecule has 1 aliphatic heterocycles. The van der Waals surface area contributed by atoms with Gasteiger partial charge in [0.2, 0.25) is 5.76 Å². The Morgan fingerprint density at radius 3 is 2.97 bits per heavy atom. The van der Waals surface area contributed by atoms with Crippen molar-refractivity contribution in [1.82, 2.24) is 15.2 Å². The van der Waals surface area contributed by atoms with Crippen LogP contribution in [0.1, 0.15) is 22.7 Å². The van der Waals surface area contributed by atoms with E-state index in [4.69, 9.17) is 4.42 Å². The van der Waals surface area contributed by atoms with Crippen LogP contribution in [0, 0.1) is 0 Å². The average Bonchev–Trinajstić information content (AvgIpc) is 3.35. The maximum absolute atomic E-state index is 12.7. The number of anilines is 2. The fraction of sp³-hybridized carbons (Fsp3) is 0.364.